The van der Waals surface area contributed by atoms with Crippen LogP contribution in [0.3, 0.4) is 0 Å². The first kappa shape index (κ1) is 15.0. The second-order valence-corrected chi connectivity index (χ2v) is 7.14. The molecule has 6 nitrogen and oxygen atoms in total. The van der Waals surface area contributed by atoms with E-state index in [0.717, 1.165) is 50.3 Å². The van der Waals surface area contributed by atoms with E-state index in [4.69, 9.17) is 4.74 Å². The van der Waals surface area contributed by atoms with Crippen molar-refractivity contribution < 1.29 is 9.53 Å². The van der Waals surface area contributed by atoms with Crippen LogP contribution in [0.25, 0.3) is 0 Å². The van der Waals surface area contributed by atoms with Crippen LogP contribution in [0.5, 0.6) is 5.75 Å². The van der Waals surface area contributed by atoms with E-state index in [9.17, 15) is 4.79 Å². The van der Waals surface area contributed by atoms with Gasteiger partial charge >= 0.3 is 0 Å². The Balaban J connectivity index is 1.23. The van der Waals surface area contributed by atoms with Crippen molar-refractivity contribution in [3.05, 3.63) is 47.3 Å². The topological polar surface area (TPSA) is 59.4 Å². The van der Waals surface area contributed by atoms with E-state index in [1.54, 1.807) is 0 Å². The minimum atomic E-state index is -0.355. The highest BCUT2D eigenvalue weighted by Crippen LogP contribution is 2.31. The van der Waals surface area contributed by atoms with Gasteiger partial charge in [0.15, 0.2) is 6.10 Å². The fourth-order valence-electron chi connectivity index (χ4n) is 4.25. The van der Waals surface area contributed by atoms with Crippen LogP contribution in [0.1, 0.15) is 35.7 Å². The first-order valence-corrected chi connectivity index (χ1v) is 9.09. The summed E-state index contributed by atoms with van der Waals surface area (Å²) in [6.45, 7) is 3.39. The molecular weight excluding hydrogens is 316 g/mol. The molecule has 130 valence electrons. The second kappa shape index (κ2) is 5.88. The largest absolute Gasteiger partial charge is 0.480 e. The van der Waals surface area contributed by atoms with Crippen LogP contribution in [0.2, 0.25) is 0 Å². The molecule has 1 N–H and O–H groups in total. The number of carbonyl (C=O) groups excluding carboxylic acids is 1. The van der Waals surface area contributed by atoms with E-state index in [0.29, 0.717) is 12.5 Å². The van der Waals surface area contributed by atoms with Gasteiger partial charge in [-0.2, -0.15) is 5.10 Å². The lowest BCUT2D eigenvalue weighted by Gasteiger charge is -2.33. The summed E-state index contributed by atoms with van der Waals surface area (Å²) < 4.78 is 8.04. The molecule has 0 spiro atoms. The average molecular weight is 338 g/mol. The first-order chi connectivity index (χ1) is 12.3. The van der Waals surface area contributed by atoms with E-state index in [1.807, 2.05) is 35.4 Å². The third kappa shape index (κ3) is 2.52. The normalized spacial score (nSPS) is 22.6. The van der Waals surface area contributed by atoms with Crippen molar-refractivity contribution in [2.45, 2.75) is 44.5 Å². The minimum Gasteiger partial charge on any atom is -0.480 e. The van der Waals surface area contributed by atoms with Crippen LogP contribution in [-0.4, -0.2) is 39.8 Å². The Hall–Kier alpha value is -2.34. The summed E-state index contributed by atoms with van der Waals surface area (Å²) in [4.78, 5) is 14.8. The molecule has 3 aliphatic heterocycles. The standard InChI is InChI=1S/C19H22N4O2/c24-19(18-9-13-3-1-2-4-17(13)25-18)22-7-5-15(6-8-22)23-16-12-20-10-14(16)11-21-23/h1-4,11,15,18,20H,5-10,12H2/t18-/m0/s1. The molecule has 0 unspecified atom stereocenters. The Labute approximate surface area is 146 Å². The van der Waals surface area contributed by atoms with Gasteiger partial charge in [0.25, 0.3) is 5.91 Å². The molecule has 0 saturated carbocycles. The zero-order chi connectivity index (χ0) is 16.8. The molecule has 5 rings (SSSR count). The summed E-state index contributed by atoms with van der Waals surface area (Å²) in [5.74, 6) is 0.984. The fourth-order valence-corrected chi connectivity index (χ4v) is 4.25. The lowest BCUT2D eigenvalue weighted by molar-refractivity contribution is -0.139. The molecule has 1 saturated heterocycles. The number of nitrogens with zero attached hydrogens (tertiary/aromatic N) is 3. The SMILES string of the molecule is O=C([C@@H]1Cc2ccccc2O1)N1CCC(n2ncc3c2CNC3)CC1. The van der Waals surface area contributed by atoms with E-state index in [-0.39, 0.29) is 12.0 Å². The highest BCUT2D eigenvalue weighted by atomic mass is 16.5. The maximum absolute atomic E-state index is 12.8. The van der Waals surface area contributed by atoms with Crippen LogP contribution in [-0.2, 0) is 24.3 Å². The van der Waals surface area contributed by atoms with Crippen LogP contribution in [0.15, 0.2) is 30.5 Å². The first-order valence-electron chi connectivity index (χ1n) is 9.09. The maximum Gasteiger partial charge on any atom is 0.263 e. The number of rotatable bonds is 2. The number of amides is 1. The van der Waals surface area contributed by atoms with Crippen LogP contribution >= 0.6 is 0 Å². The summed E-state index contributed by atoms with van der Waals surface area (Å²) in [5.41, 5.74) is 3.77. The zero-order valence-corrected chi connectivity index (χ0v) is 14.1. The Morgan fingerprint density at radius 3 is 2.84 bits per heavy atom. The van der Waals surface area contributed by atoms with Gasteiger partial charge in [0.2, 0.25) is 0 Å². The lowest BCUT2D eigenvalue weighted by Crippen LogP contribution is -2.45. The molecule has 25 heavy (non-hydrogen) atoms. The Kier molecular flexibility index (Phi) is 3.52. The Morgan fingerprint density at radius 2 is 2.00 bits per heavy atom. The van der Waals surface area contributed by atoms with Crippen molar-refractivity contribution in [1.82, 2.24) is 20.0 Å². The number of aromatic nitrogens is 2. The van der Waals surface area contributed by atoms with Gasteiger partial charge in [-0.25, -0.2) is 0 Å². The molecule has 1 aromatic carbocycles. The van der Waals surface area contributed by atoms with Crippen molar-refractivity contribution in [2.24, 2.45) is 0 Å². The summed E-state index contributed by atoms with van der Waals surface area (Å²) in [6, 6.07) is 8.34. The zero-order valence-electron chi connectivity index (χ0n) is 14.1. The molecule has 3 aliphatic rings. The van der Waals surface area contributed by atoms with Gasteiger partial charge in [0, 0.05) is 38.2 Å². The summed E-state index contributed by atoms with van der Waals surface area (Å²) in [7, 11) is 0. The van der Waals surface area contributed by atoms with Gasteiger partial charge in [-0.15, -0.1) is 0 Å². The molecule has 1 atom stereocenters. The van der Waals surface area contributed by atoms with Gasteiger partial charge in [0.1, 0.15) is 5.75 Å². The van der Waals surface area contributed by atoms with Gasteiger partial charge in [-0.1, -0.05) is 18.2 Å². The molecule has 4 heterocycles. The number of nitrogens with one attached hydrogen (secondary N) is 1. The number of para-hydroxylation sites is 1. The van der Waals surface area contributed by atoms with Crippen LogP contribution in [0, 0.1) is 0 Å². The number of likely N-dealkylation sites (tertiary alicyclic amines) is 1. The third-order valence-corrected chi connectivity index (χ3v) is 5.64. The Morgan fingerprint density at radius 1 is 1.16 bits per heavy atom. The van der Waals surface area contributed by atoms with E-state index < -0.39 is 0 Å². The van der Waals surface area contributed by atoms with Gasteiger partial charge < -0.3 is 15.0 Å². The van der Waals surface area contributed by atoms with Crippen molar-refractivity contribution in [3.8, 4) is 5.75 Å². The summed E-state index contributed by atoms with van der Waals surface area (Å²) in [6.07, 6.45) is 4.23. The molecule has 6 heteroatoms. The van der Waals surface area contributed by atoms with Crippen molar-refractivity contribution in [3.63, 3.8) is 0 Å². The molecule has 1 fully saturated rings. The number of hydrogen-bond acceptors (Lipinski definition) is 4. The quantitative estimate of drug-likeness (QED) is 0.905. The molecular formula is C19H22N4O2. The smallest absolute Gasteiger partial charge is 0.263 e. The molecule has 0 bridgehead atoms. The van der Waals surface area contributed by atoms with Crippen molar-refractivity contribution in [1.29, 1.82) is 0 Å². The highest BCUT2D eigenvalue weighted by molar-refractivity contribution is 5.82. The summed E-state index contributed by atoms with van der Waals surface area (Å²) >= 11 is 0. The maximum atomic E-state index is 12.8. The van der Waals surface area contributed by atoms with E-state index in [2.05, 4.69) is 15.1 Å². The Bertz CT molecular complexity index is 783. The average Bonchev–Trinajstić information content (AvgIpc) is 3.36. The molecule has 1 amide bonds. The van der Waals surface area contributed by atoms with Crippen LogP contribution < -0.4 is 10.1 Å². The fraction of sp³-hybridized carbons (Fsp3) is 0.474. The number of fused-ring (bicyclic) bond motifs is 2. The predicted molar refractivity (Wildman–Crippen MR) is 92.2 cm³/mol. The minimum absolute atomic E-state index is 0.127. The van der Waals surface area contributed by atoms with E-state index in [1.165, 1.54) is 11.3 Å². The number of piperidine rings is 1. The van der Waals surface area contributed by atoms with Gasteiger partial charge in [-0.3, -0.25) is 9.48 Å². The number of hydrogen-bond donors (Lipinski definition) is 1. The highest BCUT2D eigenvalue weighted by Gasteiger charge is 2.34. The number of carbonyl (C=O) groups is 1. The summed E-state index contributed by atoms with van der Waals surface area (Å²) in [5, 5.41) is 7.96. The molecule has 0 aliphatic carbocycles. The third-order valence-electron chi connectivity index (χ3n) is 5.64. The van der Waals surface area contributed by atoms with Gasteiger partial charge in [-0.05, 0) is 24.5 Å². The number of ether oxygens (including phenoxy) is 1. The molecule has 2 aromatic rings. The molecule has 1 aromatic heterocycles. The lowest BCUT2D eigenvalue weighted by atomic mass is 10.0. The second-order valence-electron chi connectivity index (χ2n) is 7.14. The number of benzene rings is 1. The monoisotopic (exact) mass is 338 g/mol. The van der Waals surface area contributed by atoms with Crippen molar-refractivity contribution >= 4 is 5.91 Å². The van der Waals surface area contributed by atoms with E-state index >= 15 is 0 Å². The molecule has 0 radical (unpaired) electrons. The van der Waals surface area contributed by atoms with Gasteiger partial charge in [0.05, 0.1) is 17.9 Å². The van der Waals surface area contributed by atoms with Crippen LogP contribution in [0.4, 0.5) is 0 Å². The predicted octanol–water partition coefficient (Wildman–Crippen LogP) is 1.65. The van der Waals surface area contributed by atoms with Crippen molar-refractivity contribution in [2.75, 3.05) is 13.1 Å².